The van der Waals surface area contributed by atoms with E-state index in [-0.39, 0.29) is 14.7 Å². The molecule has 0 atom stereocenters. The normalized spacial score (nSPS) is 11.3. The molecule has 0 spiro atoms. The molecule has 2 aromatic heterocycles. The van der Waals surface area contributed by atoms with Crippen LogP contribution < -0.4 is 0 Å². The molecule has 3 aromatic rings. The van der Waals surface area contributed by atoms with Gasteiger partial charge in [0.2, 0.25) is 0 Å². The van der Waals surface area contributed by atoms with E-state index < -0.39 is 0 Å². The Balaban J connectivity index is 2.69. The van der Waals surface area contributed by atoms with Crippen molar-refractivity contribution < 1.29 is 0 Å². The maximum atomic E-state index is 4.23. The van der Waals surface area contributed by atoms with Crippen molar-refractivity contribution >= 4 is 35.3 Å². The van der Waals surface area contributed by atoms with Crippen LogP contribution >= 0.6 is 0 Å². The van der Waals surface area contributed by atoms with E-state index in [1.807, 2.05) is 12.4 Å². The third kappa shape index (κ3) is 1.15. The molecule has 0 fully saturated rings. The fourth-order valence-corrected chi connectivity index (χ4v) is 3.49. The van der Waals surface area contributed by atoms with Crippen LogP contribution in [-0.2, 0) is 0 Å². The number of pyridine rings is 1. The molecule has 4 heteroatoms. The van der Waals surface area contributed by atoms with Crippen LogP contribution in [0.5, 0.6) is 0 Å². The van der Waals surface area contributed by atoms with Gasteiger partial charge in [-0.3, -0.25) is 0 Å². The Morgan fingerprint density at radius 3 is 2.87 bits per heavy atom. The predicted octanol–water partition coefficient (Wildman–Crippen LogP) is 1.85. The average molecular weight is 262 g/mol. The van der Waals surface area contributed by atoms with Gasteiger partial charge in [0.25, 0.3) is 0 Å². The van der Waals surface area contributed by atoms with Crippen LogP contribution in [0.2, 0.25) is 0 Å². The Labute approximate surface area is 93.1 Å². The second-order valence-corrected chi connectivity index (χ2v) is 5.20. The zero-order valence-electron chi connectivity index (χ0n) is 8.48. The average Bonchev–Trinajstić information content (AvgIpc) is 2.75. The maximum absolute atomic E-state index is 4.23. The van der Waals surface area contributed by atoms with E-state index in [1.165, 1.54) is 26.2 Å². The first-order chi connectivity index (χ1) is 7.29. The molecule has 0 radical (unpaired) electrons. The van der Waals surface area contributed by atoms with Crippen molar-refractivity contribution in [3.8, 4) is 0 Å². The number of hydrogen-bond donors (Lipinski definition) is 0. The summed E-state index contributed by atoms with van der Waals surface area (Å²) in [6.45, 7) is 4.25. The third-order valence-corrected chi connectivity index (χ3v) is 4.59. The summed E-state index contributed by atoms with van der Waals surface area (Å²) in [4.78, 5) is 4.17. The van der Waals surface area contributed by atoms with E-state index in [1.54, 1.807) is 0 Å². The standard InChI is InChI=1S/C11H9N3Se/c1-6-9-5-12-4-3-8(9)7(2)11-10(6)13-14-15-11/h3-5H,1-2H3. The molecule has 2 heterocycles. The number of fused-ring (bicyclic) bond motifs is 2. The molecule has 0 aliphatic carbocycles. The van der Waals surface area contributed by atoms with E-state index in [9.17, 15) is 0 Å². The van der Waals surface area contributed by atoms with Crippen molar-refractivity contribution in [3.05, 3.63) is 29.6 Å². The summed E-state index contributed by atoms with van der Waals surface area (Å²) >= 11 is 0.168. The fraction of sp³-hybridized carbons (Fsp3) is 0.182. The quantitative estimate of drug-likeness (QED) is 0.580. The SMILES string of the molecule is Cc1c2cnccc2c(C)c2[se]nnc12. The van der Waals surface area contributed by atoms with Crippen molar-refractivity contribution in [2.45, 2.75) is 13.8 Å². The minimum atomic E-state index is 0.168. The molecule has 0 saturated heterocycles. The molecular formula is C11H9N3Se. The summed E-state index contributed by atoms with van der Waals surface area (Å²) in [6, 6.07) is 2.08. The zero-order valence-corrected chi connectivity index (χ0v) is 10.2. The van der Waals surface area contributed by atoms with Gasteiger partial charge in [0.1, 0.15) is 0 Å². The number of nitrogens with zero attached hydrogens (tertiary/aromatic N) is 3. The van der Waals surface area contributed by atoms with E-state index in [4.69, 9.17) is 0 Å². The molecule has 0 N–H and O–H groups in total. The number of hydrogen-bond acceptors (Lipinski definition) is 3. The molecule has 3 nitrogen and oxygen atoms in total. The summed E-state index contributed by atoms with van der Waals surface area (Å²) in [7, 11) is 0. The topological polar surface area (TPSA) is 38.7 Å². The van der Waals surface area contributed by atoms with Crippen LogP contribution in [0.25, 0.3) is 20.5 Å². The molecule has 0 aliphatic heterocycles. The van der Waals surface area contributed by atoms with Crippen LogP contribution in [0.1, 0.15) is 11.1 Å². The van der Waals surface area contributed by atoms with Gasteiger partial charge in [0.05, 0.1) is 0 Å². The molecule has 0 unspecified atom stereocenters. The van der Waals surface area contributed by atoms with Gasteiger partial charge in [-0.05, 0) is 0 Å². The van der Waals surface area contributed by atoms with Gasteiger partial charge >= 0.3 is 92.9 Å². The Morgan fingerprint density at radius 2 is 2.00 bits per heavy atom. The van der Waals surface area contributed by atoms with Crippen molar-refractivity contribution in [1.29, 1.82) is 0 Å². The first-order valence-electron chi connectivity index (χ1n) is 4.74. The van der Waals surface area contributed by atoms with Gasteiger partial charge < -0.3 is 0 Å². The summed E-state index contributed by atoms with van der Waals surface area (Å²) in [5.74, 6) is 0. The van der Waals surface area contributed by atoms with Gasteiger partial charge in [0.15, 0.2) is 0 Å². The summed E-state index contributed by atoms with van der Waals surface area (Å²) in [5.41, 5.74) is 3.60. The Hall–Kier alpha value is -1.25. The monoisotopic (exact) mass is 263 g/mol. The van der Waals surface area contributed by atoms with Gasteiger partial charge in [-0.25, -0.2) is 0 Å². The number of rotatable bonds is 0. The minimum absolute atomic E-state index is 0.168. The molecule has 0 saturated carbocycles. The Bertz CT molecular complexity index is 602. The predicted molar refractivity (Wildman–Crippen MR) is 61.3 cm³/mol. The zero-order chi connectivity index (χ0) is 10.4. The van der Waals surface area contributed by atoms with Crippen LogP contribution in [0.15, 0.2) is 18.5 Å². The molecule has 1 aromatic carbocycles. The van der Waals surface area contributed by atoms with Gasteiger partial charge in [-0.2, -0.15) is 0 Å². The number of benzene rings is 1. The molecule has 0 bridgehead atoms. The molecule has 0 amide bonds. The molecule has 3 rings (SSSR count). The van der Waals surface area contributed by atoms with Crippen LogP contribution in [0.3, 0.4) is 0 Å². The first-order valence-corrected chi connectivity index (χ1v) is 6.36. The van der Waals surface area contributed by atoms with Crippen molar-refractivity contribution in [2.24, 2.45) is 0 Å². The van der Waals surface area contributed by atoms with Gasteiger partial charge in [0, 0.05) is 0 Å². The fourth-order valence-electron chi connectivity index (χ4n) is 1.95. The van der Waals surface area contributed by atoms with E-state index in [2.05, 4.69) is 34.1 Å². The molecule has 0 aliphatic rings. The second-order valence-electron chi connectivity index (χ2n) is 3.62. The van der Waals surface area contributed by atoms with E-state index >= 15 is 0 Å². The van der Waals surface area contributed by atoms with Crippen molar-refractivity contribution in [2.75, 3.05) is 0 Å². The first kappa shape index (κ1) is 9.01. The Kier molecular flexibility index (Phi) is 1.87. The summed E-state index contributed by atoms with van der Waals surface area (Å²) in [6.07, 6.45) is 3.76. The molecule has 15 heavy (non-hydrogen) atoms. The number of aryl methyl sites for hydroxylation is 2. The van der Waals surface area contributed by atoms with Gasteiger partial charge in [-0.1, -0.05) is 0 Å². The van der Waals surface area contributed by atoms with Crippen molar-refractivity contribution in [1.82, 2.24) is 14.2 Å². The number of aromatic nitrogens is 3. The van der Waals surface area contributed by atoms with Gasteiger partial charge in [-0.15, -0.1) is 0 Å². The van der Waals surface area contributed by atoms with E-state index in [0.717, 1.165) is 5.52 Å². The summed E-state index contributed by atoms with van der Waals surface area (Å²) in [5, 5.41) is 6.72. The summed E-state index contributed by atoms with van der Waals surface area (Å²) < 4.78 is 5.50. The van der Waals surface area contributed by atoms with Crippen LogP contribution in [0, 0.1) is 13.8 Å². The third-order valence-electron chi connectivity index (χ3n) is 2.81. The van der Waals surface area contributed by atoms with Crippen LogP contribution in [0.4, 0.5) is 0 Å². The van der Waals surface area contributed by atoms with Crippen LogP contribution in [-0.4, -0.2) is 28.9 Å². The molecule has 74 valence electrons. The van der Waals surface area contributed by atoms with E-state index in [0.29, 0.717) is 0 Å². The Morgan fingerprint density at radius 1 is 1.13 bits per heavy atom. The molecular weight excluding hydrogens is 253 g/mol. The van der Waals surface area contributed by atoms with Crippen molar-refractivity contribution in [3.63, 3.8) is 0 Å². The second kappa shape index (κ2) is 3.12.